The highest BCUT2D eigenvalue weighted by Gasteiger charge is 2.21. The summed E-state index contributed by atoms with van der Waals surface area (Å²) in [5, 5.41) is 12.1. The topological polar surface area (TPSA) is 35.6 Å². The average Bonchev–Trinajstić information content (AvgIpc) is 3.81. The van der Waals surface area contributed by atoms with E-state index in [1.54, 1.807) is 0 Å². The molecule has 0 aliphatic heterocycles. The van der Waals surface area contributed by atoms with Crippen LogP contribution >= 0.6 is 0 Å². The van der Waals surface area contributed by atoms with Crippen LogP contribution in [0.2, 0.25) is 0 Å². The summed E-state index contributed by atoms with van der Waals surface area (Å²) in [7, 11) is 0. The Hall–Kier alpha value is -8.08. The molecule has 0 bridgehead atoms. The van der Waals surface area contributed by atoms with Gasteiger partial charge in [-0.1, -0.05) is 140 Å². The number of fused-ring (bicyclic) bond motifs is 10. The van der Waals surface area contributed by atoms with Gasteiger partial charge >= 0.3 is 0 Å². The number of hydrogen-bond acceptors (Lipinski definition) is 2. The second-order valence-electron chi connectivity index (χ2n) is 15.8. The fraction of sp³-hybridized carbons (Fsp3) is 0. The molecule has 0 radical (unpaired) electrons. The lowest BCUT2D eigenvalue weighted by Gasteiger charge is -2.14. The number of para-hydroxylation sites is 3. The van der Waals surface area contributed by atoms with Gasteiger partial charge in [0.05, 0.1) is 33.1 Å². The number of benzene rings is 10. The predicted molar refractivity (Wildman–Crippen MR) is 252 cm³/mol. The van der Waals surface area contributed by atoms with Crippen molar-refractivity contribution in [2.45, 2.75) is 0 Å². The first kappa shape index (κ1) is 32.9. The summed E-state index contributed by atoms with van der Waals surface area (Å²) in [5.41, 5.74) is 11.7. The first-order chi connectivity index (χ1) is 29.7. The number of nitrogens with zero attached hydrogens (tertiary/aromatic N) is 4. The van der Waals surface area contributed by atoms with Crippen LogP contribution in [0.5, 0.6) is 0 Å². The minimum Gasteiger partial charge on any atom is -0.309 e. The van der Waals surface area contributed by atoms with Crippen molar-refractivity contribution in [2.24, 2.45) is 0 Å². The third kappa shape index (κ3) is 4.98. The molecule has 60 heavy (non-hydrogen) atoms. The molecule has 278 valence electrons. The summed E-state index contributed by atoms with van der Waals surface area (Å²) in [5.74, 6) is 0.813. The Morgan fingerprint density at radius 1 is 0.283 bits per heavy atom. The van der Waals surface area contributed by atoms with E-state index in [0.29, 0.717) is 0 Å². The molecule has 0 saturated heterocycles. The lowest BCUT2D eigenvalue weighted by Crippen LogP contribution is -2.03. The number of hydrogen-bond donors (Lipinski definition) is 0. The van der Waals surface area contributed by atoms with Gasteiger partial charge in [-0.05, 0) is 110 Å². The maximum absolute atomic E-state index is 5.45. The van der Waals surface area contributed by atoms with Crippen molar-refractivity contribution in [3.8, 4) is 33.9 Å². The molecule has 0 aliphatic rings. The largest absolute Gasteiger partial charge is 0.309 e. The smallest absolute Gasteiger partial charge is 0.165 e. The van der Waals surface area contributed by atoms with E-state index in [9.17, 15) is 0 Å². The zero-order valence-corrected chi connectivity index (χ0v) is 32.4. The van der Waals surface area contributed by atoms with Gasteiger partial charge in [-0.15, -0.1) is 0 Å². The van der Waals surface area contributed by atoms with Crippen molar-refractivity contribution in [1.82, 2.24) is 19.1 Å². The lowest BCUT2D eigenvalue weighted by atomic mass is 10.0. The van der Waals surface area contributed by atoms with Crippen molar-refractivity contribution in [3.63, 3.8) is 0 Å². The van der Waals surface area contributed by atoms with Crippen LogP contribution in [0.25, 0.3) is 121 Å². The van der Waals surface area contributed by atoms with E-state index in [1.807, 2.05) is 12.1 Å². The highest BCUT2D eigenvalue weighted by molar-refractivity contribution is 6.15. The van der Waals surface area contributed by atoms with Crippen LogP contribution < -0.4 is 0 Å². The first-order valence-electron chi connectivity index (χ1n) is 20.5. The molecule has 0 unspecified atom stereocenters. The summed E-state index contributed by atoms with van der Waals surface area (Å²) in [6.45, 7) is 0. The molecule has 0 aliphatic carbocycles. The van der Waals surface area contributed by atoms with E-state index in [4.69, 9.17) is 9.97 Å². The predicted octanol–water partition coefficient (Wildman–Crippen LogP) is 14.6. The number of rotatable bonds is 4. The van der Waals surface area contributed by atoms with Gasteiger partial charge in [0.25, 0.3) is 0 Å². The van der Waals surface area contributed by atoms with Crippen molar-refractivity contribution < 1.29 is 0 Å². The summed E-state index contributed by atoms with van der Waals surface area (Å²) in [6.07, 6.45) is 0. The summed E-state index contributed by atoms with van der Waals surface area (Å²) >= 11 is 0. The molecule has 13 rings (SSSR count). The molecule has 0 N–H and O–H groups in total. The minimum atomic E-state index is 0.813. The lowest BCUT2D eigenvalue weighted by molar-refractivity contribution is 1.08. The summed E-state index contributed by atoms with van der Waals surface area (Å²) in [6, 6.07) is 74.6. The van der Waals surface area contributed by atoms with Crippen LogP contribution in [0.3, 0.4) is 0 Å². The van der Waals surface area contributed by atoms with Gasteiger partial charge in [0.1, 0.15) is 5.69 Å². The van der Waals surface area contributed by atoms with Crippen LogP contribution in [0.4, 0.5) is 0 Å². The van der Waals surface area contributed by atoms with Gasteiger partial charge in [-0.2, -0.15) is 0 Å². The number of aromatic nitrogens is 4. The standard InChI is InChI=1S/C56H34N4/c1-3-13-37-29-43(22-21-35(37)11-1)55-56(58-50-19-9-8-18-49(50)57-55)60-52-28-25-41(32-47(52)48-31-39-15-5-6-16-40(39)33-54(48)60)42-24-27-46-45-17-7-10-20-51(45)59(53(46)34-42)44-26-23-36-12-2-4-14-38(36)30-44/h1-34H. The van der Waals surface area contributed by atoms with Crippen LogP contribution in [-0.4, -0.2) is 19.1 Å². The molecular formula is C56H34N4. The van der Waals surface area contributed by atoms with Crippen LogP contribution in [0.1, 0.15) is 0 Å². The zero-order valence-electron chi connectivity index (χ0n) is 32.4. The van der Waals surface area contributed by atoms with Gasteiger partial charge in [-0.3, -0.25) is 4.57 Å². The molecule has 0 atom stereocenters. The molecule has 10 aromatic carbocycles. The van der Waals surface area contributed by atoms with Crippen LogP contribution in [0, 0.1) is 0 Å². The molecular weight excluding hydrogens is 729 g/mol. The van der Waals surface area contributed by atoms with E-state index in [0.717, 1.165) is 50.4 Å². The maximum Gasteiger partial charge on any atom is 0.165 e. The fourth-order valence-electron chi connectivity index (χ4n) is 9.53. The molecule has 3 heterocycles. The highest BCUT2D eigenvalue weighted by Crippen LogP contribution is 2.41. The molecule has 0 saturated carbocycles. The second kappa shape index (κ2) is 12.7. The quantitative estimate of drug-likeness (QED) is 0.179. The molecule has 4 heteroatoms. The van der Waals surface area contributed by atoms with Crippen molar-refractivity contribution in [1.29, 1.82) is 0 Å². The van der Waals surface area contributed by atoms with Crippen molar-refractivity contribution in [2.75, 3.05) is 0 Å². The SMILES string of the molecule is c1ccc2cc(-c3nc4ccccc4nc3-n3c4ccc(-c5ccc6c7ccccc7n(-c7ccc8ccccc8c7)c6c5)cc4c4cc5ccccc5cc43)ccc2c1. The monoisotopic (exact) mass is 762 g/mol. The Labute approximate surface area is 344 Å². The fourth-order valence-corrected chi connectivity index (χ4v) is 9.53. The first-order valence-corrected chi connectivity index (χ1v) is 20.5. The highest BCUT2D eigenvalue weighted by atomic mass is 15.1. The van der Waals surface area contributed by atoms with E-state index < -0.39 is 0 Å². The average molecular weight is 763 g/mol. The Morgan fingerprint density at radius 2 is 0.817 bits per heavy atom. The maximum atomic E-state index is 5.45. The van der Waals surface area contributed by atoms with E-state index in [2.05, 4.69) is 203 Å². The molecule has 0 amide bonds. The Kier molecular flexibility index (Phi) is 6.98. The molecule has 4 nitrogen and oxygen atoms in total. The van der Waals surface area contributed by atoms with E-state index in [-0.39, 0.29) is 0 Å². The van der Waals surface area contributed by atoms with Gasteiger partial charge < -0.3 is 4.57 Å². The zero-order chi connectivity index (χ0) is 39.3. The minimum absolute atomic E-state index is 0.813. The van der Waals surface area contributed by atoms with E-state index >= 15 is 0 Å². The molecule has 13 aromatic rings. The van der Waals surface area contributed by atoms with Crippen molar-refractivity contribution in [3.05, 3.63) is 206 Å². The molecule has 0 spiro atoms. The van der Waals surface area contributed by atoms with Crippen LogP contribution in [-0.2, 0) is 0 Å². The van der Waals surface area contributed by atoms with Gasteiger partial charge in [0.2, 0.25) is 0 Å². The van der Waals surface area contributed by atoms with Gasteiger partial charge in [-0.25, -0.2) is 9.97 Å². The third-order valence-corrected chi connectivity index (χ3v) is 12.4. The van der Waals surface area contributed by atoms with E-state index in [1.165, 1.54) is 70.5 Å². The third-order valence-electron chi connectivity index (χ3n) is 12.4. The Morgan fingerprint density at radius 3 is 1.62 bits per heavy atom. The Balaban J connectivity index is 1.07. The van der Waals surface area contributed by atoms with Gasteiger partial charge in [0.15, 0.2) is 5.82 Å². The van der Waals surface area contributed by atoms with Crippen molar-refractivity contribution >= 4 is 87.0 Å². The molecule has 3 aromatic heterocycles. The Bertz CT molecular complexity index is 3910. The van der Waals surface area contributed by atoms with Gasteiger partial charge in [0, 0.05) is 32.8 Å². The summed E-state index contributed by atoms with van der Waals surface area (Å²) < 4.78 is 4.76. The summed E-state index contributed by atoms with van der Waals surface area (Å²) in [4.78, 5) is 10.8. The normalized spacial score (nSPS) is 12.0. The second-order valence-corrected chi connectivity index (χ2v) is 15.8. The van der Waals surface area contributed by atoms with Crippen LogP contribution in [0.15, 0.2) is 206 Å². The molecule has 0 fully saturated rings.